The van der Waals surface area contributed by atoms with E-state index in [1.54, 1.807) is 19.1 Å². The van der Waals surface area contributed by atoms with Crippen LogP contribution < -0.4 is 15.4 Å². The minimum atomic E-state index is -0.883. The summed E-state index contributed by atoms with van der Waals surface area (Å²) < 4.78 is 6.04. The first kappa shape index (κ1) is 39.7. The van der Waals surface area contributed by atoms with Crippen molar-refractivity contribution < 1.29 is 29.4 Å². The Morgan fingerprint density at radius 2 is 1.83 bits per heavy atom. The SMILES string of the molecule is COc1c(CN2O[C@@H](CO)[C@@H]([C@H](C)O)[C@H]2C(=O)N[C@@H]2C[C@@H]3C[C@@H]([C@@H]2C)C3(C)C)cccc1-c1cccc(C(=O)N[C@H](CC2CCCCC2)CN(C)C)c1. The standard InChI is InChI=1S/C43H64N4O6/c1-26-35-21-32(43(35,3)4)22-36(26)45-42(51)39-38(27(2)49)37(25-48)53-47(39)23-31-17-12-18-34(40(31)52-7)29-15-11-16-30(20-29)41(50)44-33(24-46(5)6)19-28-13-9-8-10-14-28/h11-12,15-18,20,26-28,32-33,35-39,48-49H,8-10,13-14,19,21-25H2,1-7H3,(H,44,50)(H,45,51)/t26-,27-,32-,33+,35-,36+,37-,38+,39-/m0/s1. The lowest BCUT2D eigenvalue weighted by Gasteiger charge is -2.62. The molecule has 2 aromatic rings. The normalized spacial score (nSPS) is 29.7. The van der Waals surface area contributed by atoms with E-state index < -0.39 is 24.2 Å². The van der Waals surface area contributed by atoms with Gasteiger partial charge >= 0.3 is 0 Å². The highest BCUT2D eigenvalue weighted by Gasteiger charge is 2.57. The van der Waals surface area contributed by atoms with Gasteiger partial charge in [-0.1, -0.05) is 83.2 Å². The zero-order valence-electron chi connectivity index (χ0n) is 33.0. The summed E-state index contributed by atoms with van der Waals surface area (Å²) in [7, 11) is 5.73. The number of hydroxylamine groups is 2. The van der Waals surface area contributed by atoms with Gasteiger partial charge in [0.2, 0.25) is 5.91 Å². The molecule has 53 heavy (non-hydrogen) atoms. The Bertz CT molecular complexity index is 1570. The van der Waals surface area contributed by atoms with E-state index in [-0.39, 0.29) is 37.0 Å². The van der Waals surface area contributed by atoms with Gasteiger partial charge in [0, 0.05) is 41.2 Å². The number of hydrogen-bond acceptors (Lipinski definition) is 8. The molecule has 4 N–H and O–H groups in total. The minimum absolute atomic E-state index is 0.0525. The van der Waals surface area contributed by atoms with Gasteiger partial charge in [-0.15, -0.1) is 0 Å². The molecular weight excluding hydrogens is 668 g/mol. The third kappa shape index (κ3) is 8.47. The maximum Gasteiger partial charge on any atom is 0.251 e. The van der Waals surface area contributed by atoms with Crippen molar-refractivity contribution in [3.8, 4) is 16.9 Å². The van der Waals surface area contributed by atoms with E-state index >= 15 is 0 Å². The van der Waals surface area contributed by atoms with E-state index in [9.17, 15) is 19.8 Å². The smallest absolute Gasteiger partial charge is 0.251 e. The molecule has 1 heterocycles. The number of ether oxygens (including phenoxy) is 1. The van der Waals surface area contributed by atoms with E-state index in [2.05, 4.69) is 50.4 Å². The molecule has 0 radical (unpaired) electrons. The maximum atomic E-state index is 14.2. The lowest BCUT2D eigenvalue weighted by Crippen LogP contribution is -2.62. The Balaban J connectivity index is 1.21. The van der Waals surface area contributed by atoms with Crippen LogP contribution in [0.25, 0.3) is 11.1 Å². The van der Waals surface area contributed by atoms with Crippen LogP contribution in [0.15, 0.2) is 42.5 Å². The summed E-state index contributed by atoms with van der Waals surface area (Å²) in [6.07, 6.45) is 7.85. The summed E-state index contributed by atoms with van der Waals surface area (Å²) in [6.45, 7) is 9.25. The molecule has 7 rings (SSSR count). The van der Waals surface area contributed by atoms with Gasteiger partial charge in [-0.05, 0) is 87.1 Å². The summed E-state index contributed by atoms with van der Waals surface area (Å²) in [5.41, 5.74) is 3.32. The van der Waals surface area contributed by atoms with Crippen LogP contribution in [0.2, 0.25) is 0 Å². The number of carbonyl (C=O) groups is 2. The second-order valence-corrected chi connectivity index (χ2v) is 17.5. The first-order chi connectivity index (χ1) is 25.3. The molecule has 0 unspecified atom stereocenters. The molecule has 2 bridgehead atoms. The van der Waals surface area contributed by atoms with Gasteiger partial charge in [-0.25, -0.2) is 0 Å². The first-order valence-electron chi connectivity index (χ1n) is 20.1. The van der Waals surface area contributed by atoms with E-state index in [1.807, 2.05) is 42.5 Å². The molecule has 1 saturated heterocycles. The first-order valence-corrected chi connectivity index (χ1v) is 20.1. The van der Waals surface area contributed by atoms with Crippen LogP contribution >= 0.6 is 0 Å². The number of rotatable bonds is 14. The molecular formula is C43H64N4O6. The molecule has 5 aliphatic rings. The molecule has 4 aliphatic carbocycles. The average molecular weight is 733 g/mol. The van der Waals surface area contributed by atoms with Gasteiger partial charge in [0.15, 0.2) is 0 Å². The highest BCUT2D eigenvalue weighted by Crippen LogP contribution is 2.61. The van der Waals surface area contributed by atoms with Gasteiger partial charge in [0.05, 0.1) is 26.4 Å². The van der Waals surface area contributed by atoms with Gasteiger partial charge < -0.3 is 30.5 Å². The lowest BCUT2D eigenvalue weighted by atomic mass is 9.45. The lowest BCUT2D eigenvalue weighted by molar-refractivity contribution is -0.183. The predicted molar refractivity (Wildman–Crippen MR) is 207 cm³/mol. The summed E-state index contributed by atoms with van der Waals surface area (Å²) in [5, 5.41) is 29.6. The molecule has 10 nitrogen and oxygen atoms in total. The quantitative estimate of drug-likeness (QED) is 0.197. The summed E-state index contributed by atoms with van der Waals surface area (Å²) >= 11 is 0. The summed E-state index contributed by atoms with van der Waals surface area (Å²) in [5.74, 6) is 1.86. The predicted octanol–water partition coefficient (Wildman–Crippen LogP) is 5.65. The molecule has 10 heteroatoms. The third-order valence-electron chi connectivity index (χ3n) is 13.4. The monoisotopic (exact) mass is 732 g/mol. The van der Waals surface area contributed by atoms with Gasteiger partial charge in [-0.3, -0.25) is 14.4 Å². The number of hydrogen-bond donors (Lipinski definition) is 4. The number of para-hydroxylation sites is 1. The van der Waals surface area contributed by atoms with Crippen molar-refractivity contribution in [2.75, 3.05) is 34.4 Å². The number of benzene rings is 2. The van der Waals surface area contributed by atoms with Gasteiger partial charge in [0.25, 0.3) is 5.91 Å². The maximum absolute atomic E-state index is 14.2. The Kier molecular flexibility index (Phi) is 12.6. The molecule has 1 aliphatic heterocycles. The number of nitrogens with one attached hydrogen (secondary N) is 2. The number of aliphatic hydroxyl groups is 2. The van der Waals surface area contributed by atoms with Gasteiger partial charge in [0.1, 0.15) is 17.9 Å². The van der Waals surface area contributed by atoms with Gasteiger partial charge in [-0.2, -0.15) is 5.06 Å². The molecule has 9 atom stereocenters. The number of fused-ring (bicyclic) bond motifs is 2. The number of amides is 2. The van der Waals surface area contributed by atoms with Crippen molar-refractivity contribution in [1.82, 2.24) is 20.6 Å². The average Bonchev–Trinajstić information content (AvgIpc) is 3.51. The van der Waals surface area contributed by atoms with Crippen molar-refractivity contribution >= 4 is 11.8 Å². The Morgan fingerprint density at radius 3 is 2.47 bits per heavy atom. The highest BCUT2D eigenvalue weighted by molar-refractivity contribution is 5.96. The summed E-state index contributed by atoms with van der Waals surface area (Å²) in [4.78, 5) is 36.3. The van der Waals surface area contributed by atoms with E-state index in [1.165, 1.54) is 38.5 Å². The molecule has 0 aromatic heterocycles. The van der Waals surface area contributed by atoms with E-state index in [0.29, 0.717) is 40.4 Å². The van der Waals surface area contributed by atoms with E-state index in [4.69, 9.17) is 9.57 Å². The largest absolute Gasteiger partial charge is 0.496 e. The van der Waals surface area contributed by atoms with Crippen molar-refractivity contribution in [2.24, 2.45) is 35.0 Å². The van der Waals surface area contributed by atoms with Crippen molar-refractivity contribution in [3.63, 3.8) is 0 Å². The number of nitrogens with zero attached hydrogens (tertiary/aromatic N) is 2. The zero-order chi connectivity index (χ0) is 38.0. The Morgan fingerprint density at radius 1 is 1.09 bits per heavy atom. The number of carbonyl (C=O) groups excluding carboxylic acids is 2. The fourth-order valence-corrected chi connectivity index (χ4v) is 10.4. The molecule has 5 fully saturated rings. The number of aliphatic hydroxyl groups excluding tert-OH is 2. The van der Waals surface area contributed by atoms with Crippen LogP contribution in [0.5, 0.6) is 5.75 Å². The van der Waals surface area contributed by atoms with Crippen LogP contribution in [-0.4, -0.2) is 96.7 Å². The second kappa shape index (κ2) is 16.8. The second-order valence-electron chi connectivity index (χ2n) is 17.5. The number of likely N-dealkylation sites (N-methyl/N-ethyl adjacent to an activating group) is 1. The number of methoxy groups -OCH3 is 1. The fraction of sp³-hybridized carbons (Fsp3) is 0.674. The van der Waals surface area contributed by atoms with Crippen LogP contribution in [0.3, 0.4) is 0 Å². The fourth-order valence-electron chi connectivity index (χ4n) is 10.4. The van der Waals surface area contributed by atoms with Crippen molar-refractivity contribution in [1.29, 1.82) is 0 Å². The Labute approximate surface area is 316 Å². The minimum Gasteiger partial charge on any atom is -0.496 e. The van der Waals surface area contributed by atoms with Crippen LogP contribution in [0.1, 0.15) is 95.0 Å². The third-order valence-corrected chi connectivity index (χ3v) is 13.4. The summed E-state index contributed by atoms with van der Waals surface area (Å²) in [6, 6.07) is 12.8. The van der Waals surface area contributed by atoms with Crippen LogP contribution in [-0.2, 0) is 16.2 Å². The zero-order valence-corrected chi connectivity index (χ0v) is 33.0. The van der Waals surface area contributed by atoms with E-state index in [0.717, 1.165) is 36.1 Å². The molecule has 292 valence electrons. The molecule has 2 aromatic carbocycles. The van der Waals surface area contributed by atoms with Crippen LogP contribution in [0.4, 0.5) is 0 Å². The molecule has 2 amide bonds. The Hall–Kier alpha value is -3.02. The molecule has 4 saturated carbocycles. The van der Waals surface area contributed by atoms with Crippen LogP contribution in [0, 0.1) is 35.0 Å². The van der Waals surface area contributed by atoms with Crippen molar-refractivity contribution in [2.45, 2.75) is 116 Å². The topological polar surface area (TPSA) is 124 Å². The highest BCUT2D eigenvalue weighted by atomic mass is 16.7. The van der Waals surface area contributed by atoms with Crippen molar-refractivity contribution in [3.05, 3.63) is 53.6 Å². The molecule has 0 spiro atoms.